The number of nitro benzene ring substituents is 1. The SMILES string of the molecule is C=CCN1C(=O)C(=Cc2cccc([N+](=O)[O-])c2)SC1=Nc1cccc(O)c1. The van der Waals surface area contributed by atoms with Crippen molar-refractivity contribution in [3.63, 3.8) is 0 Å². The lowest BCUT2D eigenvalue weighted by atomic mass is 10.2. The van der Waals surface area contributed by atoms with Crippen LogP contribution in [0.4, 0.5) is 11.4 Å². The lowest BCUT2D eigenvalue weighted by Gasteiger charge is -2.12. The Morgan fingerprint density at radius 3 is 2.74 bits per heavy atom. The minimum absolute atomic E-state index is 0.0450. The highest BCUT2D eigenvalue weighted by molar-refractivity contribution is 8.18. The lowest BCUT2D eigenvalue weighted by molar-refractivity contribution is -0.384. The minimum Gasteiger partial charge on any atom is -0.508 e. The van der Waals surface area contributed by atoms with E-state index in [2.05, 4.69) is 11.6 Å². The molecule has 0 bridgehead atoms. The molecule has 0 saturated carbocycles. The van der Waals surface area contributed by atoms with Crippen molar-refractivity contribution in [2.75, 3.05) is 6.54 Å². The summed E-state index contributed by atoms with van der Waals surface area (Å²) in [6.07, 6.45) is 3.19. The number of hydrogen-bond donors (Lipinski definition) is 1. The van der Waals surface area contributed by atoms with E-state index in [9.17, 15) is 20.0 Å². The molecule has 7 nitrogen and oxygen atoms in total. The van der Waals surface area contributed by atoms with E-state index in [0.717, 1.165) is 11.8 Å². The van der Waals surface area contributed by atoms with Gasteiger partial charge in [-0.3, -0.25) is 19.8 Å². The molecule has 0 atom stereocenters. The first kappa shape index (κ1) is 18.4. The Kier molecular flexibility index (Phi) is 5.37. The maximum absolute atomic E-state index is 12.7. The van der Waals surface area contributed by atoms with E-state index in [1.807, 2.05) is 0 Å². The molecule has 1 amide bonds. The number of nitro groups is 1. The molecular formula is C19H15N3O4S. The number of aliphatic imine (C=N–C) groups is 1. The second-order valence-corrected chi connectivity index (χ2v) is 6.59. The number of non-ortho nitro benzene ring substituents is 1. The van der Waals surface area contributed by atoms with Gasteiger partial charge in [0.15, 0.2) is 5.17 Å². The van der Waals surface area contributed by atoms with Crippen LogP contribution in [0, 0.1) is 10.1 Å². The zero-order valence-electron chi connectivity index (χ0n) is 14.1. The van der Waals surface area contributed by atoms with Crippen LogP contribution in [-0.2, 0) is 4.79 Å². The Bertz CT molecular complexity index is 984. The standard InChI is InChI=1S/C19H15N3O4S/c1-2-9-21-18(24)17(11-13-5-3-7-15(10-13)22(25)26)27-19(21)20-14-6-4-8-16(23)12-14/h2-8,10-12,23H,1,9H2. The average Bonchev–Trinajstić information content (AvgIpc) is 2.91. The molecule has 0 spiro atoms. The van der Waals surface area contributed by atoms with E-state index >= 15 is 0 Å². The third kappa shape index (κ3) is 4.24. The molecule has 8 heteroatoms. The van der Waals surface area contributed by atoms with Gasteiger partial charge in [0.05, 0.1) is 15.5 Å². The maximum Gasteiger partial charge on any atom is 0.270 e. The second-order valence-electron chi connectivity index (χ2n) is 5.58. The Balaban J connectivity index is 1.96. The van der Waals surface area contributed by atoms with Gasteiger partial charge in [0.2, 0.25) is 0 Å². The quantitative estimate of drug-likeness (QED) is 0.364. The van der Waals surface area contributed by atoms with Crippen LogP contribution in [0.25, 0.3) is 6.08 Å². The fourth-order valence-electron chi connectivity index (χ4n) is 2.43. The summed E-state index contributed by atoms with van der Waals surface area (Å²) in [6.45, 7) is 3.94. The highest BCUT2D eigenvalue weighted by Crippen LogP contribution is 2.34. The monoisotopic (exact) mass is 381 g/mol. The molecular weight excluding hydrogens is 366 g/mol. The zero-order chi connectivity index (χ0) is 19.4. The number of benzene rings is 2. The molecule has 2 aromatic carbocycles. The van der Waals surface area contributed by atoms with Crippen LogP contribution in [0.3, 0.4) is 0 Å². The Hall–Kier alpha value is -3.39. The molecule has 136 valence electrons. The largest absolute Gasteiger partial charge is 0.508 e. The normalized spacial score (nSPS) is 16.9. The Morgan fingerprint density at radius 2 is 2.04 bits per heavy atom. The number of hydrogen-bond acceptors (Lipinski definition) is 6. The fourth-order valence-corrected chi connectivity index (χ4v) is 3.44. The molecule has 0 radical (unpaired) electrons. The first-order chi connectivity index (χ1) is 13.0. The molecule has 1 aliphatic heterocycles. The first-order valence-electron chi connectivity index (χ1n) is 7.92. The number of thioether (sulfide) groups is 1. The van der Waals surface area contributed by atoms with Crippen molar-refractivity contribution in [2.24, 2.45) is 4.99 Å². The van der Waals surface area contributed by atoms with Gasteiger partial charge in [-0.25, -0.2) is 4.99 Å². The summed E-state index contributed by atoms with van der Waals surface area (Å²) >= 11 is 1.16. The molecule has 0 unspecified atom stereocenters. The number of rotatable bonds is 5. The lowest BCUT2D eigenvalue weighted by Crippen LogP contribution is -2.29. The third-order valence-corrected chi connectivity index (χ3v) is 4.64. The van der Waals surface area contributed by atoms with Crippen LogP contribution < -0.4 is 0 Å². The predicted octanol–water partition coefficient (Wildman–Crippen LogP) is 4.09. The van der Waals surface area contributed by atoms with Crippen LogP contribution in [-0.4, -0.2) is 32.5 Å². The van der Waals surface area contributed by atoms with Crippen LogP contribution >= 0.6 is 11.8 Å². The van der Waals surface area contributed by atoms with Crippen molar-refractivity contribution in [3.05, 3.63) is 81.8 Å². The number of amidine groups is 1. The molecule has 27 heavy (non-hydrogen) atoms. The van der Waals surface area contributed by atoms with Gasteiger partial charge >= 0.3 is 0 Å². The van der Waals surface area contributed by atoms with Gasteiger partial charge < -0.3 is 5.11 Å². The van der Waals surface area contributed by atoms with Crippen molar-refractivity contribution in [3.8, 4) is 5.75 Å². The molecule has 2 aromatic rings. The van der Waals surface area contributed by atoms with Gasteiger partial charge in [-0.2, -0.15) is 0 Å². The van der Waals surface area contributed by atoms with Crippen LogP contribution in [0.2, 0.25) is 0 Å². The van der Waals surface area contributed by atoms with Crippen LogP contribution in [0.5, 0.6) is 5.75 Å². The van der Waals surface area contributed by atoms with E-state index in [0.29, 0.717) is 21.3 Å². The van der Waals surface area contributed by atoms with Crippen LogP contribution in [0.1, 0.15) is 5.56 Å². The van der Waals surface area contributed by atoms with Crippen molar-refractivity contribution in [1.29, 1.82) is 0 Å². The highest BCUT2D eigenvalue weighted by Gasteiger charge is 2.32. The van der Waals surface area contributed by atoms with E-state index in [-0.39, 0.29) is 23.9 Å². The summed E-state index contributed by atoms with van der Waals surface area (Å²) in [5.41, 5.74) is 1.02. The first-order valence-corrected chi connectivity index (χ1v) is 8.74. The van der Waals surface area contributed by atoms with Gasteiger partial charge in [0, 0.05) is 24.7 Å². The van der Waals surface area contributed by atoms with Gasteiger partial charge in [0.25, 0.3) is 11.6 Å². The molecule has 1 saturated heterocycles. The molecule has 0 aromatic heterocycles. The summed E-state index contributed by atoms with van der Waals surface area (Å²) < 4.78 is 0. The fraction of sp³-hybridized carbons (Fsp3) is 0.0526. The smallest absolute Gasteiger partial charge is 0.270 e. The van der Waals surface area contributed by atoms with E-state index in [1.54, 1.807) is 36.4 Å². The number of amides is 1. The van der Waals surface area contributed by atoms with E-state index in [1.165, 1.54) is 29.2 Å². The number of phenols is 1. The topological polar surface area (TPSA) is 96.0 Å². The number of carbonyl (C=O) groups excluding carboxylic acids is 1. The molecule has 0 aliphatic carbocycles. The summed E-state index contributed by atoms with van der Waals surface area (Å²) in [5.74, 6) is -0.181. The minimum atomic E-state index is -0.482. The highest BCUT2D eigenvalue weighted by atomic mass is 32.2. The van der Waals surface area contributed by atoms with Gasteiger partial charge in [0.1, 0.15) is 5.75 Å². The van der Waals surface area contributed by atoms with Gasteiger partial charge in [-0.05, 0) is 35.5 Å². The molecule has 1 heterocycles. The van der Waals surface area contributed by atoms with Crippen molar-refractivity contribution >= 4 is 40.3 Å². The summed E-state index contributed by atoms with van der Waals surface area (Å²) in [6, 6.07) is 12.5. The molecule has 1 fully saturated rings. The Labute approximate surface area is 159 Å². The summed E-state index contributed by atoms with van der Waals surface area (Å²) in [4.78, 5) is 29.5. The van der Waals surface area contributed by atoms with E-state index in [4.69, 9.17) is 0 Å². The number of carbonyl (C=O) groups is 1. The maximum atomic E-state index is 12.7. The molecule has 1 aliphatic rings. The predicted molar refractivity (Wildman–Crippen MR) is 106 cm³/mol. The van der Waals surface area contributed by atoms with Crippen LogP contribution in [0.15, 0.2) is 71.1 Å². The Morgan fingerprint density at radius 1 is 1.26 bits per heavy atom. The number of aromatic hydroxyl groups is 1. The van der Waals surface area contributed by atoms with E-state index < -0.39 is 4.92 Å². The summed E-state index contributed by atoms with van der Waals surface area (Å²) in [5, 5.41) is 21.0. The number of nitrogens with zero attached hydrogens (tertiary/aromatic N) is 3. The third-order valence-electron chi connectivity index (χ3n) is 3.63. The molecule has 3 rings (SSSR count). The average molecular weight is 381 g/mol. The zero-order valence-corrected chi connectivity index (χ0v) is 14.9. The van der Waals surface area contributed by atoms with Crippen molar-refractivity contribution < 1.29 is 14.8 Å². The van der Waals surface area contributed by atoms with Gasteiger partial charge in [-0.1, -0.05) is 24.3 Å². The second kappa shape index (κ2) is 7.88. The molecule has 1 N–H and O–H groups in total. The van der Waals surface area contributed by atoms with Gasteiger partial charge in [-0.15, -0.1) is 6.58 Å². The van der Waals surface area contributed by atoms with Crippen molar-refractivity contribution in [1.82, 2.24) is 4.90 Å². The van der Waals surface area contributed by atoms with Crippen molar-refractivity contribution in [2.45, 2.75) is 0 Å². The summed E-state index contributed by atoms with van der Waals surface area (Å²) in [7, 11) is 0. The number of phenolic OH excluding ortho intramolecular Hbond substituents is 1.